The molecule has 0 fully saturated rings. The number of nitrogens with two attached hydrogens (primary N) is 2. The maximum Gasteiger partial charge on any atom is 0.351 e. The molecule has 11 heteroatoms. The summed E-state index contributed by atoms with van der Waals surface area (Å²) in [6.07, 6.45) is -1.44. The van der Waals surface area contributed by atoms with Crippen molar-refractivity contribution in [3.63, 3.8) is 0 Å². The Labute approximate surface area is 117 Å². The molecule has 0 aromatic rings. The third-order valence-electron chi connectivity index (χ3n) is 1.94. The van der Waals surface area contributed by atoms with Crippen molar-refractivity contribution in [2.24, 2.45) is 11.5 Å². The van der Waals surface area contributed by atoms with Crippen molar-refractivity contribution < 1.29 is 43.7 Å². The third kappa shape index (κ3) is 8.28. The zero-order valence-corrected chi connectivity index (χ0v) is 10.7. The van der Waals surface area contributed by atoms with Crippen LogP contribution in [0.5, 0.6) is 0 Å². The zero-order chi connectivity index (χ0) is 16.6. The number of hydrogen-bond acceptors (Lipinski definition) is 9. The molecule has 0 saturated heterocycles. The number of rotatable bonds is 8. The topological polar surface area (TPSA) is 196 Å². The first-order valence-corrected chi connectivity index (χ1v) is 5.49. The Kier molecular flexibility index (Phi) is 7.57. The number of hydrogen-bond donors (Lipinski definition) is 4. The number of ether oxygens (including phenoxy) is 2. The van der Waals surface area contributed by atoms with Crippen LogP contribution in [0.2, 0.25) is 0 Å². The first-order valence-electron chi connectivity index (χ1n) is 5.49. The standard InChI is InChI=1S/C10H14N2O9/c11-4(1-6(13)14)9(18)20-3-8(17)21-10(19)5(12)2-7(15)16/h4-5H,1-3,11-12H2,(H,13,14)(H,15,16)/t4-,5-/m0/s1. The van der Waals surface area contributed by atoms with Gasteiger partial charge < -0.3 is 31.2 Å². The highest BCUT2D eigenvalue weighted by molar-refractivity contribution is 5.91. The van der Waals surface area contributed by atoms with Gasteiger partial charge in [-0.3, -0.25) is 14.4 Å². The van der Waals surface area contributed by atoms with Crippen LogP contribution in [0.15, 0.2) is 0 Å². The summed E-state index contributed by atoms with van der Waals surface area (Å²) in [5.41, 5.74) is 10.3. The highest BCUT2D eigenvalue weighted by Crippen LogP contribution is 1.96. The molecule has 0 heterocycles. The van der Waals surface area contributed by atoms with Crippen LogP contribution in [0.3, 0.4) is 0 Å². The van der Waals surface area contributed by atoms with Crippen molar-refractivity contribution in [1.29, 1.82) is 0 Å². The maximum atomic E-state index is 11.1. The van der Waals surface area contributed by atoms with E-state index in [2.05, 4.69) is 9.47 Å². The SMILES string of the molecule is N[C@@H](CC(=O)O)C(=O)OCC(=O)OC(=O)[C@@H](N)CC(=O)O. The molecular weight excluding hydrogens is 292 g/mol. The van der Waals surface area contributed by atoms with Crippen LogP contribution < -0.4 is 11.5 Å². The predicted molar refractivity (Wildman–Crippen MR) is 62.5 cm³/mol. The van der Waals surface area contributed by atoms with Gasteiger partial charge in [-0.25, -0.2) is 9.59 Å². The summed E-state index contributed by atoms with van der Waals surface area (Å²) in [5, 5.41) is 16.7. The minimum Gasteiger partial charge on any atom is -0.481 e. The number of aliphatic carboxylic acids is 2. The second-order valence-electron chi connectivity index (χ2n) is 3.81. The van der Waals surface area contributed by atoms with Gasteiger partial charge in [-0.2, -0.15) is 0 Å². The van der Waals surface area contributed by atoms with Gasteiger partial charge in [-0.15, -0.1) is 0 Å². The van der Waals surface area contributed by atoms with E-state index in [0.29, 0.717) is 0 Å². The Morgan fingerprint density at radius 3 is 1.71 bits per heavy atom. The van der Waals surface area contributed by atoms with Crippen LogP contribution in [0, 0.1) is 0 Å². The predicted octanol–water partition coefficient (Wildman–Crippen LogP) is -2.80. The van der Waals surface area contributed by atoms with Gasteiger partial charge in [0.05, 0.1) is 12.8 Å². The van der Waals surface area contributed by atoms with Gasteiger partial charge in [-0.05, 0) is 0 Å². The second-order valence-corrected chi connectivity index (χ2v) is 3.81. The molecule has 11 nitrogen and oxygen atoms in total. The van der Waals surface area contributed by atoms with E-state index >= 15 is 0 Å². The zero-order valence-electron chi connectivity index (χ0n) is 10.7. The molecule has 6 N–H and O–H groups in total. The van der Waals surface area contributed by atoms with E-state index in [-0.39, 0.29) is 0 Å². The van der Waals surface area contributed by atoms with Crippen LogP contribution >= 0.6 is 0 Å². The molecular formula is C10H14N2O9. The van der Waals surface area contributed by atoms with E-state index in [1.54, 1.807) is 0 Å². The highest BCUT2D eigenvalue weighted by Gasteiger charge is 2.24. The Balaban J connectivity index is 4.15. The quantitative estimate of drug-likeness (QED) is 0.267. The fourth-order valence-electron chi connectivity index (χ4n) is 0.997. The number of carboxylic acids is 2. The van der Waals surface area contributed by atoms with Crippen LogP contribution in [0.25, 0.3) is 0 Å². The van der Waals surface area contributed by atoms with E-state index in [1.165, 1.54) is 0 Å². The van der Waals surface area contributed by atoms with E-state index in [0.717, 1.165) is 0 Å². The minimum absolute atomic E-state index is 0.698. The second kappa shape index (κ2) is 8.60. The Morgan fingerprint density at radius 1 is 0.857 bits per heavy atom. The molecule has 0 aliphatic rings. The van der Waals surface area contributed by atoms with Crippen LogP contribution in [-0.2, 0) is 33.4 Å². The van der Waals surface area contributed by atoms with Crippen molar-refractivity contribution in [2.75, 3.05) is 6.61 Å². The molecule has 118 valence electrons. The Morgan fingerprint density at radius 2 is 1.29 bits per heavy atom. The van der Waals surface area contributed by atoms with Gasteiger partial charge in [-0.1, -0.05) is 0 Å². The summed E-state index contributed by atoms with van der Waals surface area (Å²) in [5.74, 6) is -6.46. The highest BCUT2D eigenvalue weighted by atomic mass is 16.6. The third-order valence-corrected chi connectivity index (χ3v) is 1.94. The summed E-state index contributed by atoms with van der Waals surface area (Å²) in [6.45, 7) is -0.988. The molecule has 0 saturated carbocycles. The molecule has 0 amide bonds. The number of carbonyl (C=O) groups excluding carboxylic acids is 3. The van der Waals surface area contributed by atoms with Crippen LogP contribution in [-0.4, -0.2) is 58.8 Å². The lowest BCUT2D eigenvalue weighted by Crippen LogP contribution is -2.38. The summed E-state index contributed by atoms with van der Waals surface area (Å²) in [4.78, 5) is 53.9. The fourth-order valence-corrected chi connectivity index (χ4v) is 0.997. The Bertz CT molecular complexity index is 448. The largest absolute Gasteiger partial charge is 0.481 e. The average molecular weight is 306 g/mol. The summed E-state index contributed by atoms with van der Waals surface area (Å²) in [7, 11) is 0. The smallest absolute Gasteiger partial charge is 0.351 e. The average Bonchev–Trinajstić information content (AvgIpc) is 2.33. The van der Waals surface area contributed by atoms with E-state index in [9.17, 15) is 24.0 Å². The molecule has 21 heavy (non-hydrogen) atoms. The van der Waals surface area contributed by atoms with Gasteiger partial charge in [0.1, 0.15) is 12.1 Å². The minimum atomic E-state index is -1.54. The fraction of sp³-hybridized carbons (Fsp3) is 0.500. The van der Waals surface area contributed by atoms with Crippen LogP contribution in [0.4, 0.5) is 0 Å². The van der Waals surface area contributed by atoms with Crippen molar-refractivity contribution in [1.82, 2.24) is 0 Å². The van der Waals surface area contributed by atoms with Crippen molar-refractivity contribution in [3.8, 4) is 0 Å². The van der Waals surface area contributed by atoms with Gasteiger partial charge in [0.15, 0.2) is 6.61 Å². The van der Waals surface area contributed by atoms with E-state index in [1.807, 2.05) is 0 Å². The molecule has 2 atom stereocenters. The summed E-state index contributed by atoms with van der Waals surface area (Å²) >= 11 is 0. The molecule has 0 aliphatic heterocycles. The first-order chi connectivity index (χ1) is 9.63. The first kappa shape index (κ1) is 18.5. The number of carbonyl (C=O) groups is 5. The van der Waals surface area contributed by atoms with E-state index in [4.69, 9.17) is 21.7 Å². The molecule has 0 rings (SSSR count). The summed E-state index contributed by atoms with van der Waals surface area (Å²) in [6, 6.07) is -3.02. The monoisotopic (exact) mass is 306 g/mol. The normalized spacial score (nSPS) is 12.9. The molecule has 0 radical (unpaired) electrons. The van der Waals surface area contributed by atoms with Crippen molar-refractivity contribution >= 4 is 29.8 Å². The molecule has 0 aromatic heterocycles. The lowest BCUT2D eigenvalue weighted by atomic mass is 10.2. The van der Waals surface area contributed by atoms with E-state index < -0.39 is 61.4 Å². The van der Waals surface area contributed by atoms with Crippen molar-refractivity contribution in [2.45, 2.75) is 24.9 Å². The maximum absolute atomic E-state index is 11.1. The molecule has 0 aliphatic carbocycles. The van der Waals surface area contributed by atoms with Crippen molar-refractivity contribution in [3.05, 3.63) is 0 Å². The lowest BCUT2D eigenvalue weighted by molar-refractivity contribution is -0.169. The summed E-state index contributed by atoms with van der Waals surface area (Å²) < 4.78 is 8.44. The number of carboxylic acid groups (broad SMARTS) is 2. The Hall–Kier alpha value is -2.53. The number of esters is 3. The lowest BCUT2D eigenvalue weighted by Gasteiger charge is -2.10. The molecule has 0 aromatic carbocycles. The molecule has 0 spiro atoms. The van der Waals surface area contributed by atoms with Gasteiger partial charge >= 0.3 is 29.8 Å². The molecule has 0 unspecified atom stereocenters. The van der Waals surface area contributed by atoms with Gasteiger partial charge in [0.25, 0.3) is 0 Å². The van der Waals surface area contributed by atoms with Gasteiger partial charge in [0, 0.05) is 0 Å². The van der Waals surface area contributed by atoms with Crippen LogP contribution in [0.1, 0.15) is 12.8 Å². The molecule has 0 bridgehead atoms. The van der Waals surface area contributed by atoms with Gasteiger partial charge in [0.2, 0.25) is 0 Å².